The minimum atomic E-state index is -0.260. The van der Waals surface area contributed by atoms with Crippen molar-refractivity contribution in [3.8, 4) is 11.5 Å². The molecule has 1 rings (SSSR count). The maximum Gasteiger partial charge on any atom is 0.124 e. The summed E-state index contributed by atoms with van der Waals surface area (Å²) in [6, 6.07) is 3.55. The third kappa shape index (κ3) is 2.94. The van der Waals surface area contributed by atoms with E-state index in [0.717, 1.165) is 29.0 Å². The molecule has 0 heterocycles. The molecule has 0 aliphatic heterocycles. The Kier molecular flexibility index (Phi) is 5.44. The molecule has 0 aliphatic carbocycles. The molecule has 2 atom stereocenters. The van der Waals surface area contributed by atoms with E-state index in [-0.39, 0.29) is 18.6 Å². The summed E-state index contributed by atoms with van der Waals surface area (Å²) in [5.74, 6) is 1.55. The smallest absolute Gasteiger partial charge is 0.124 e. The van der Waals surface area contributed by atoms with Gasteiger partial charge in [0.05, 0.1) is 14.2 Å². The SMILES string of the molecule is CCC(CO)C(N)c1cc(OC)c(C)cc1OC. The number of rotatable bonds is 6. The van der Waals surface area contributed by atoms with Crippen molar-refractivity contribution in [1.82, 2.24) is 0 Å². The van der Waals surface area contributed by atoms with Crippen molar-refractivity contribution in [2.75, 3.05) is 20.8 Å². The fraction of sp³-hybridized carbons (Fsp3) is 0.571. The molecule has 2 unspecified atom stereocenters. The topological polar surface area (TPSA) is 64.7 Å². The minimum absolute atomic E-state index is 0.0197. The number of aliphatic hydroxyl groups is 1. The van der Waals surface area contributed by atoms with Gasteiger partial charge in [-0.05, 0) is 31.0 Å². The summed E-state index contributed by atoms with van der Waals surface area (Å²) in [6.45, 7) is 4.04. The van der Waals surface area contributed by atoms with Gasteiger partial charge in [0.1, 0.15) is 11.5 Å². The van der Waals surface area contributed by atoms with Crippen LogP contribution in [0.25, 0.3) is 0 Å². The second kappa shape index (κ2) is 6.61. The first-order chi connectivity index (χ1) is 8.58. The Labute approximate surface area is 109 Å². The van der Waals surface area contributed by atoms with Crippen molar-refractivity contribution in [3.63, 3.8) is 0 Å². The Hall–Kier alpha value is -1.26. The van der Waals surface area contributed by atoms with Gasteiger partial charge in [0.15, 0.2) is 0 Å². The van der Waals surface area contributed by atoms with Gasteiger partial charge in [-0.15, -0.1) is 0 Å². The fourth-order valence-corrected chi connectivity index (χ4v) is 2.09. The molecule has 4 heteroatoms. The van der Waals surface area contributed by atoms with E-state index in [0.29, 0.717) is 0 Å². The molecule has 1 aromatic carbocycles. The molecule has 0 saturated carbocycles. The van der Waals surface area contributed by atoms with E-state index in [4.69, 9.17) is 15.2 Å². The summed E-state index contributed by atoms with van der Waals surface area (Å²) < 4.78 is 10.7. The van der Waals surface area contributed by atoms with Gasteiger partial charge in [-0.2, -0.15) is 0 Å². The Morgan fingerprint density at radius 1 is 1.22 bits per heavy atom. The highest BCUT2D eigenvalue weighted by Gasteiger charge is 2.22. The highest BCUT2D eigenvalue weighted by Crippen LogP contribution is 2.35. The van der Waals surface area contributed by atoms with E-state index in [1.165, 1.54) is 0 Å². The third-order valence-corrected chi connectivity index (χ3v) is 3.37. The lowest BCUT2D eigenvalue weighted by molar-refractivity contribution is 0.199. The summed E-state index contributed by atoms with van der Waals surface area (Å²) in [7, 11) is 3.25. The van der Waals surface area contributed by atoms with Crippen LogP contribution < -0.4 is 15.2 Å². The third-order valence-electron chi connectivity index (χ3n) is 3.37. The van der Waals surface area contributed by atoms with Gasteiger partial charge in [0.25, 0.3) is 0 Å². The van der Waals surface area contributed by atoms with E-state index in [2.05, 4.69) is 0 Å². The lowest BCUT2D eigenvalue weighted by Crippen LogP contribution is -2.24. The second-order valence-corrected chi connectivity index (χ2v) is 4.44. The van der Waals surface area contributed by atoms with Crippen molar-refractivity contribution in [3.05, 3.63) is 23.3 Å². The Bertz CT molecular complexity index is 389. The van der Waals surface area contributed by atoms with E-state index in [9.17, 15) is 5.11 Å². The number of ether oxygens (including phenoxy) is 2. The highest BCUT2D eigenvalue weighted by molar-refractivity contribution is 5.47. The monoisotopic (exact) mass is 253 g/mol. The van der Waals surface area contributed by atoms with Crippen LogP contribution in [-0.4, -0.2) is 25.9 Å². The number of aryl methyl sites for hydroxylation is 1. The Morgan fingerprint density at radius 2 is 1.83 bits per heavy atom. The van der Waals surface area contributed by atoms with Crippen LogP contribution in [0, 0.1) is 12.8 Å². The van der Waals surface area contributed by atoms with Crippen LogP contribution in [-0.2, 0) is 0 Å². The molecule has 0 aromatic heterocycles. The van der Waals surface area contributed by atoms with Crippen LogP contribution in [0.1, 0.15) is 30.5 Å². The number of hydrogen-bond acceptors (Lipinski definition) is 4. The summed E-state index contributed by atoms with van der Waals surface area (Å²) in [4.78, 5) is 0. The molecule has 0 spiro atoms. The maximum atomic E-state index is 9.35. The van der Waals surface area contributed by atoms with E-state index in [1.807, 2.05) is 26.0 Å². The zero-order chi connectivity index (χ0) is 13.7. The van der Waals surface area contributed by atoms with Gasteiger partial charge < -0.3 is 20.3 Å². The Morgan fingerprint density at radius 3 is 2.28 bits per heavy atom. The Balaban J connectivity index is 3.20. The van der Waals surface area contributed by atoms with Crippen LogP contribution in [0.15, 0.2) is 12.1 Å². The van der Waals surface area contributed by atoms with Crippen molar-refractivity contribution in [2.45, 2.75) is 26.3 Å². The molecule has 102 valence electrons. The average Bonchev–Trinajstić information content (AvgIpc) is 2.39. The lowest BCUT2D eigenvalue weighted by Gasteiger charge is -2.23. The predicted molar refractivity (Wildman–Crippen MR) is 72.1 cm³/mol. The fourth-order valence-electron chi connectivity index (χ4n) is 2.09. The molecule has 3 N–H and O–H groups in total. The first kappa shape index (κ1) is 14.8. The van der Waals surface area contributed by atoms with Crippen LogP contribution in [0.5, 0.6) is 11.5 Å². The van der Waals surface area contributed by atoms with Crippen LogP contribution >= 0.6 is 0 Å². The number of nitrogens with two attached hydrogens (primary N) is 1. The number of hydrogen-bond donors (Lipinski definition) is 2. The zero-order valence-electron chi connectivity index (χ0n) is 11.6. The second-order valence-electron chi connectivity index (χ2n) is 4.44. The standard InChI is InChI=1S/C14H23NO3/c1-5-10(8-16)14(15)11-7-12(17-3)9(2)6-13(11)18-4/h6-7,10,14,16H,5,8,15H2,1-4H3. The molecule has 0 aliphatic rings. The first-order valence-corrected chi connectivity index (χ1v) is 6.17. The van der Waals surface area contributed by atoms with Crippen molar-refractivity contribution in [1.29, 1.82) is 0 Å². The van der Waals surface area contributed by atoms with E-state index in [1.54, 1.807) is 14.2 Å². The van der Waals surface area contributed by atoms with Crippen LogP contribution in [0.2, 0.25) is 0 Å². The quantitative estimate of drug-likeness (QED) is 0.814. The maximum absolute atomic E-state index is 9.35. The normalized spacial score (nSPS) is 14.1. The molecule has 18 heavy (non-hydrogen) atoms. The molecular formula is C14H23NO3. The van der Waals surface area contributed by atoms with Gasteiger partial charge in [-0.25, -0.2) is 0 Å². The molecule has 0 radical (unpaired) electrons. The molecule has 0 amide bonds. The average molecular weight is 253 g/mol. The lowest BCUT2D eigenvalue weighted by atomic mass is 9.91. The van der Waals surface area contributed by atoms with Crippen LogP contribution in [0.3, 0.4) is 0 Å². The molecular weight excluding hydrogens is 230 g/mol. The summed E-state index contributed by atoms with van der Waals surface area (Å²) in [5, 5.41) is 9.35. The molecule has 0 bridgehead atoms. The van der Waals surface area contributed by atoms with Crippen LogP contribution in [0.4, 0.5) is 0 Å². The minimum Gasteiger partial charge on any atom is -0.496 e. The molecule has 0 fully saturated rings. The van der Waals surface area contributed by atoms with Crippen molar-refractivity contribution in [2.24, 2.45) is 11.7 Å². The number of benzene rings is 1. The van der Waals surface area contributed by atoms with Gasteiger partial charge in [0.2, 0.25) is 0 Å². The van der Waals surface area contributed by atoms with E-state index >= 15 is 0 Å². The predicted octanol–water partition coefficient (Wildman–Crippen LogP) is 2.03. The zero-order valence-corrected chi connectivity index (χ0v) is 11.6. The molecule has 4 nitrogen and oxygen atoms in total. The molecule has 0 saturated heterocycles. The van der Waals surface area contributed by atoms with Gasteiger partial charge >= 0.3 is 0 Å². The first-order valence-electron chi connectivity index (χ1n) is 6.17. The van der Waals surface area contributed by atoms with Gasteiger partial charge in [0, 0.05) is 24.1 Å². The largest absolute Gasteiger partial charge is 0.496 e. The summed E-state index contributed by atoms with van der Waals surface area (Å²) in [5.41, 5.74) is 8.09. The van der Waals surface area contributed by atoms with Gasteiger partial charge in [-0.1, -0.05) is 6.92 Å². The van der Waals surface area contributed by atoms with E-state index < -0.39 is 0 Å². The number of aliphatic hydroxyl groups excluding tert-OH is 1. The van der Waals surface area contributed by atoms with Crippen molar-refractivity contribution >= 4 is 0 Å². The summed E-state index contributed by atoms with van der Waals surface area (Å²) in [6.07, 6.45) is 0.816. The number of methoxy groups -OCH3 is 2. The van der Waals surface area contributed by atoms with Gasteiger partial charge in [-0.3, -0.25) is 0 Å². The van der Waals surface area contributed by atoms with Crippen molar-refractivity contribution < 1.29 is 14.6 Å². The molecule has 1 aromatic rings. The summed E-state index contributed by atoms with van der Waals surface area (Å²) >= 11 is 0. The highest BCUT2D eigenvalue weighted by atomic mass is 16.5.